The number of amides is 1. The summed E-state index contributed by atoms with van der Waals surface area (Å²) >= 11 is 0. The van der Waals surface area contributed by atoms with Crippen LogP contribution in [0.5, 0.6) is 0 Å². The van der Waals surface area contributed by atoms with E-state index in [4.69, 9.17) is 9.56 Å². The normalized spacial score (nSPS) is 12.5. The van der Waals surface area contributed by atoms with Crippen LogP contribution in [0.4, 0.5) is 0 Å². The predicted octanol–water partition coefficient (Wildman–Crippen LogP) is 3.40. The molecule has 0 fully saturated rings. The van der Waals surface area contributed by atoms with Gasteiger partial charge in [0.05, 0.1) is 10.9 Å². The maximum absolute atomic E-state index is 12.3. The van der Waals surface area contributed by atoms with Crippen molar-refractivity contribution in [1.82, 2.24) is 5.32 Å². The third-order valence-electron chi connectivity index (χ3n) is 4.38. The number of carbonyl (C=O) groups is 1. The molecule has 3 N–H and O–H groups in total. The molecule has 1 atom stereocenters. The number of sulfonamides is 1. The Labute approximate surface area is 164 Å². The molecule has 0 aliphatic carbocycles. The zero-order chi connectivity index (χ0) is 20.1. The maximum Gasteiger partial charge on any atom is 0.238 e. The van der Waals surface area contributed by atoms with Crippen LogP contribution in [0, 0.1) is 0 Å². The number of aryl methyl sites for hydroxylation is 1. The lowest BCUT2D eigenvalue weighted by atomic mass is 10.1. The largest absolute Gasteiger partial charge is 0.461 e. The Morgan fingerprint density at radius 1 is 1.07 bits per heavy atom. The van der Waals surface area contributed by atoms with E-state index in [1.54, 1.807) is 19.1 Å². The number of hydrogen-bond donors (Lipinski definition) is 2. The van der Waals surface area contributed by atoms with E-state index in [2.05, 4.69) is 5.32 Å². The van der Waals surface area contributed by atoms with Crippen LogP contribution in [0.1, 0.15) is 30.7 Å². The number of nitrogens with two attached hydrogens (primary N) is 1. The molecule has 2 aromatic carbocycles. The zero-order valence-corrected chi connectivity index (χ0v) is 16.3. The first kappa shape index (κ1) is 19.9. The summed E-state index contributed by atoms with van der Waals surface area (Å²) < 4.78 is 28.7. The molecule has 1 amide bonds. The first-order chi connectivity index (χ1) is 13.3. The fourth-order valence-electron chi connectivity index (χ4n) is 2.86. The first-order valence-electron chi connectivity index (χ1n) is 8.89. The molecule has 3 rings (SSSR count). The van der Waals surface area contributed by atoms with Gasteiger partial charge in [-0.3, -0.25) is 4.79 Å². The number of hydrogen-bond acceptors (Lipinski definition) is 4. The lowest BCUT2D eigenvalue weighted by Crippen LogP contribution is -2.27. The summed E-state index contributed by atoms with van der Waals surface area (Å²) in [6, 6.07) is 19.4. The molecule has 0 saturated carbocycles. The Morgan fingerprint density at radius 2 is 1.82 bits per heavy atom. The quantitative estimate of drug-likeness (QED) is 0.637. The predicted molar refractivity (Wildman–Crippen MR) is 107 cm³/mol. The van der Waals surface area contributed by atoms with Crippen molar-refractivity contribution in [3.05, 3.63) is 78.1 Å². The van der Waals surface area contributed by atoms with E-state index in [1.165, 1.54) is 12.1 Å². The molecule has 28 heavy (non-hydrogen) atoms. The fraction of sp³-hybridized carbons (Fsp3) is 0.190. The number of rotatable bonds is 7. The number of benzene rings is 2. The Morgan fingerprint density at radius 3 is 2.54 bits per heavy atom. The van der Waals surface area contributed by atoms with Gasteiger partial charge in [0.2, 0.25) is 15.9 Å². The molecule has 0 bridgehead atoms. The minimum Gasteiger partial charge on any atom is -0.461 e. The van der Waals surface area contributed by atoms with Gasteiger partial charge in [-0.25, -0.2) is 13.6 Å². The summed E-state index contributed by atoms with van der Waals surface area (Å²) in [4.78, 5) is 12.3. The Balaban J connectivity index is 1.57. The highest BCUT2D eigenvalue weighted by Crippen LogP contribution is 2.22. The summed E-state index contributed by atoms with van der Waals surface area (Å²) in [5.41, 5.74) is 1.66. The van der Waals surface area contributed by atoms with E-state index in [9.17, 15) is 13.2 Å². The highest BCUT2D eigenvalue weighted by atomic mass is 32.2. The van der Waals surface area contributed by atoms with Gasteiger partial charge in [0.1, 0.15) is 11.5 Å². The van der Waals surface area contributed by atoms with Crippen molar-refractivity contribution >= 4 is 15.9 Å². The van der Waals surface area contributed by atoms with Crippen molar-refractivity contribution in [2.24, 2.45) is 5.14 Å². The van der Waals surface area contributed by atoms with Gasteiger partial charge in [0.25, 0.3) is 0 Å². The van der Waals surface area contributed by atoms with E-state index < -0.39 is 10.0 Å². The average Bonchev–Trinajstić information content (AvgIpc) is 3.15. The van der Waals surface area contributed by atoms with Gasteiger partial charge in [0, 0.05) is 18.4 Å². The van der Waals surface area contributed by atoms with Crippen molar-refractivity contribution in [1.29, 1.82) is 0 Å². The summed E-state index contributed by atoms with van der Waals surface area (Å²) in [5, 5.41) is 8.02. The Bertz CT molecular complexity index is 1060. The molecule has 0 spiro atoms. The lowest BCUT2D eigenvalue weighted by molar-refractivity contribution is -0.121. The van der Waals surface area contributed by atoms with Gasteiger partial charge in [-0.05, 0) is 36.8 Å². The monoisotopic (exact) mass is 398 g/mol. The Kier molecular flexibility index (Phi) is 5.96. The van der Waals surface area contributed by atoms with E-state index in [0.717, 1.165) is 17.1 Å². The highest BCUT2D eigenvalue weighted by molar-refractivity contribution is 7.89. The van der Waals surface area contributed by atoms with Crippen molar-refractivity contribution in [2.75, 3.05) is 0 Å². The summed E-state index contributed by atoms with van der Waals surface area (Å²) in [6.07, 6.45) is 0.740. The SMILES string of the molecule is CC(NC(=O)CCc1ccc(-c2ccccc2)o1)c1cccc(S(N)(=O)=O)c1. The van der Waals surface area contributed by atoms with Crippen molar-refractivity contribution in [3.8, 4) is 11.3 Å². The molecule has 0 saturated heterocycles. The third kappa shape index (κ3) is 5.09. The smallest absolute Gasteiger partial charge is 0.238 e. The van der Waals surface area contributed by atoms with Crippen LogP contribution in [0.25, 0.3) is 11.3 Å². The van der Waals surface area contributed by atoms with Crippen LogP contribution in [-0.2, 0) is 21.2 Å². The van der Waals surface area contributed by atoms with Crippen LogP contribution in [-0.4, -0.2) is 14.3 Å². The van der Waals surface area contributed by atoms with Crippen molar-refractivity contribution in [3.63, 3.8) is 0 Å². The zero-order valence-electron chi connectivity index (χ0n) is 15.5. The van der Waals surface area contributed by atoms with Crippen LogP contribution < -0.4 is 10.5 Å². The number of furan rings is 1. The van der Waals surface area contributed by atoms with Crippen molar-refractivity contribution in [2.45, 2.75) is 30.7 Å². The van der Waals surface area contributed by atoms with E-state index in [0.29, 0.717) is 12.0 Å². The van der Waals surface area contributed by atoms with E-state index >= 15 is 0 Å². The first-order valence-corrected chi connectivity index (χ1v) is 10.4. The number of nitrogens with one attached hydrogen (secondary N) is 1. The van der Waals surface area contributed by atoms with Gasteiger partial charge in [-0.2, -0.15) is 0 Å². The molecular weight excluding hydrogens is 376 g/mol. The number of carbonyl (C=O) groups excluding carboxylic acids is 1. The summed E-state index contributed by atoms with van der Waals surface area (Å²) in [5.74, 6) is 1.35. The van der Waals surface area contributed by atoms with Crippen LogP contribution in [0.3, 0.4) is 0 Å². The molecule has 146 valence electrons. The van der Waals surface area contributed by atoms with Crippen LogP contribution >= 0.6 is 0 Å². The second-order valence-electron chi connectivity index (χ2n) is 6.54. The molecule has 1 aromatic heterocycles. The van der Waals surface area contributed by atoms with Gasteiger partial charge < -0.3 is 9.73 Å². The molecule has 1 heterocycles. The van der Waals surface area contributed by atoms with Crippen LogP contribution in [0.15, 0.2) is 76.0 Å². The number of primary sulfonamides is 1. The molecule has 7 heteroatoms. The van der Waals surface area contributed by atoms with Crippen molar-refractivity contribution < 1.29 is 17.6 Å². The third-order valence-corrected chi connectivity index (χ3v) is 5.29. The van der Waals surface area contributed by atoms with Gasteiger partial charge >= 0.3 is 0 Å². The van der Waals surface area contributed by atoms with Gasteiger partial charge in [-0.15, -0.1) is 0 Å². The van der Waals surface area contributed by atoms with Gasteiger partial charge in [-0.1, -0.05) is 42.5 Å². The molecule has 3 aromatic rings. The maximum atomic E-state index is 12.3. The van der Waals surface area contributed by atoms with E-state index in [1.807, 2.05) is 42.5 Å². The second-order valence-corrected chi connectivity index (χ2v) is 8.10. The molecule has 6 nitrogen and oxygen atoms in total. The molecule has 0 aliphatic rings. The standard InChI is InChI=1S/C21H22N2O4S/c1-15(17-8-5-9-19(14-17)28(22,25)26)23-21(24)13-11-18-10-12-20(27-18)16-6-3-2-4-7-16/h2-10,12,14-15H,11,13H2,1H3,(H,23,24)(H2,22,25,26). The van der Waals surface area contributed by atoms with E-state index in [-0.39, 0.29) is 23.3 Å². The molecule has 0 radical (unpaired) electrons. The highest BCUT2D eigenvalue weighted by Gasteiger charge is 2.14. The topological polar surface area (TPSA) is 102 Å². The summed E-state index contributed by atoms with van der Waals surface area (Å²) in [6.45, 7) is 1.79. The molecule has 1 unspecified atom stereocenters. The van der Waals surface area contributed by atoms with Gasteiger partial charge in [0.15, 0.2) is 0 Å². The lowest BCUT2D eigenvalue weighted by Gasteiger charge is -2.15. The summed E-state index contributed by atoms with van der Waals surface area (Å²) in [7, 11) is -3.78. The minimum absolute atomic E-state index is 0.0233. The van der Waals surface area contributed by atoms with Crippen LogP contribution in [0.2, 0.25) is 0 Å². The fourth-order valence-corrected chi connectivity index (χ4v) is 3.43. The second kappa shape index (κ2) is 8.41. The molecular formula is C21H22N2O4S. The average molecular weight is 398 g/mol. The minimum atomic E-state index is -3.78. The Hall–Kier alpha value is -2.90. The molecule has 0 aliphatic heterocycles.